The molecule has 0 spiro atoms. The molecule has 1 amide bonds. The molecule has 0 heterocycles. The highest BCUT2D eigenvalue weighted by Gasteiger charge is 2.39. The standard InChI is InChI=1S/C42H55NO5SSi/c1-9-18-40(48-50(7,8)47-39(10-2)36(25-29(3)4)41(44)49-28-31-19-12-11-13-20-31)38(26-30(5)6)43-42(45)46-27-37-34-23-16-14-21-32(34)33-22-15-17-24-35(33)37/h9-17,19-24,29-30,36-40H,1-2,18,25-28H2,3-8H3,(H,43,45)/t36-,38-,39-,40-/m1/s1. The summed E-state index contributed by atoms with van der Waals surface area (Å²) in [6.45, 7) is 20.8. The zero-order valence-corrected chi connectivity index (χ0v) is 32.4. The van der Waals surface area contributed by atoms with Crippen molar-refractivity contribution in [3.8, 4) is 11.1 Å². The largest absolute Gasteiger partial charge is 0.449 e. The van der Waals surface area contributed by atoms with Crippen LogP contribution in [0.3, 0.4) is 0 Å². The number of amides is 1. The summed E-state index contributed by atoms with van der Waals surface area (Å²) in [6.07, 6.45) is 4.07. The van der Waals surface area contributed by atoms with Crippen LogP contribution in [-0.2, 0) is 24.1 Å². The fourth-order valence-corrected chi connectivity index (χ4v) is 9.69. The van der Waals surface area contributed by atoms with Crippen molar-refractivity contribution in [3.05, 3.63) is 121 Å². The van der Waals surface area contributed by atoms with E-state index in [9.17, 15) is 9.59 Å². The average Bonchev–Trinajstić information content (AvgIpc) is 3.41. The lowest BCUT2D eigenvalue weighted by Gasteiger charge is -2.37. The van der Waals surface area contributed by atoms with Crippen LogP contribution in [0.25, 0.3) is 11.1 Å². The number of alkyl carbamates (subject to hydrolysis) is 1. The van der Waals surface area contributed by atoms with E-state index in [-0.39, 0.29) is 35.5 Å². The van der Waals surface area contributed by atoms with Crippen LogP contribution in [0.15, 0.2) is 104 Å². The highest BCUT2D eigenvalue weighted by molar-refractivity contribution is 8.13. The molecule has 3 aromatic rings. The summed E-state index contributed by atoms with van der Waals surface area (Å²) in [5.74, 6) is 0.795. The van der Waals surface area contributed by atoms with Crippen LogP contribution in [0.1, 0.15) is 69.6 Å². The summed E-state index contributed by atoms with van der Waals surface area (Å²) < 4.78 is 19.5. The maximum atomic E-state index is 13.6. The van der Waals surface area contributed by atoms with Gasteiger partial charge in [0.15, 0.2) is 5.12 Å². The van der Waals surface area contributed by atoms with Gasteiger partial charge in [0.05, 0.1) is 24.2 Å². The minimum Gasteiger partial charge on any atom is -0.449 e. The third-order valence-electron chi connectivity index (χ3n) is 8.96. The van der Waals surface area contributed by atoms with Gasteiger partial charge in [-0.1, -0.05) is 130 Å². The summed E-state index contributed by atoms with van der Waals surface area (Å²) in [5.41, 5.74) is 5.82. The van der Waals surface area contributed by atoms with Crippen molar-refractivity contribution < 1.29 is 23.2 Å². The van der Waals surface area contributed by atoms with Crippen LogP contribution in [0.4, 0.5) is 4.79 Å². The highest BCUT2D eigenvalue weighted by atomic mass is 32.2. The molecule has 6 nitrogen and oxygen atoms in total. The first-order valence-electron chi connectivity index (χ1n) is 17.8. The van der Waals surface area contributed by atoms with Gasteiger partial charge in [0.25, 0.3) is 0 Å². The molecule has 1 aliphatic carbocycles. The summed E-state index contributed by atoms with van der Waals surface area (Å²) in [7, 11) is -2.89. The van der Waals surface area contributed by atoms with Gasteiger partial charge in [0.2, 0.25) is 0 Å². The third kappa shape index (κ3) is 11.0. The molecule has 8 heteroatoms. The normalized spacial score (nSPS) is 15.1. The Hall–Kier alpha value is -3.43. The first-order valence-corrected chi connectivity index (χ1v) is 21.6. The molecule has 0 saturated carbocycles. The number of rotatable bonds is 19. The third-order valence-corrected chi connectivity index (χ3v) is 11.7. The molecule has 0 aromatic heterocycles. The molecule has 0 saturated heterocycles. The second-order valence-corrected chi connectivity index (χ2v) is 18.7. The van der Waals surface area contributed by atoms with Gasteiger partial charge < -0.3 is 18.9 Å². The molecule has 50 heavy (non-hydrogen) atoms. The van der Waals surface area contributed by atoms with Gasteiger partial charge >= 0.3 is 14.7 Å². The molecule has 1 aliphatic rings. The first kappa shape index (κ1) is 39.4. The second kappa shape index (κ2) is 18.7. The van der Waals surface area contributed by atoms with Crippen molar-refractivity contribution in [2.24, 2.45) is 17.8 Å². The number of benzene rings is 3. The zero-order chi connectivity index (χ0) is 36.3. The Morgan fingerprint density at radius 3 is 1.98 bits per heavy atom. The molecule has 3 aromatic carbocycles. The molecular formula is C42H55NO5SSi. The molecule has 0 fully saturated rings. The fraction of sp³-hybridized carbons (Fsp3) is 0.429. The highest BCUT2D eigenvalue weighted by Crippen LogP contribution is 2.44. The lowest BCUT2D eigenvalue weighted by Crippen LogP contribution is -2.52. The van der Waals surface area contributed by atoms with E-state index in [0.717, 1.165) is 5.56 Å². The number of hydrogen-bond acceptors (Lipinski definition) is 6. The molecule has 0 radical (unpaired) electrons. The number of nitrogens with one attached hydrogen (secondary N) is 1. The minimum atomic E-state index is -2.89. The van der Waals surface area contributed by atoms with E-state index in [2.05, 4.69) is 70.4 Å². The van der Waals surface area contributed by atoms with Gasteiger partial charge in [-0.05, 0) is 72.0 Å². The van der Waals surface area contributed by atoms with Crippen LogP contribution < -0.4 is 5.32 Å². The van der Waals surface area contributed by atoms with Gasteiger partial charge in [0.1, 0.15) is 6.61 Å². The Labute approximate surface area is 305 Å². The summed E-state index contributed by atoms with van der Waals surface area (Å²) >= 11 is 1.33. The van der Waals surface area contributed by atoms with Gasteiger partial charge in [-0.25, -0.2) is 4.79 Å². The van der Waals surface area contributed by atoms with E-state index >= 15 is 0 Å². The maximum Gasteiger partial charge on any atom is 0.407 e. The second-order valence-electron chi connectivity index (χ2n) is 14.4. The van der Waals surface area contributed by atoms with E-state index in [0.29, 0.717) is 30.9 Å². The Kier molecular flexibility index (Phi) is 14.7. The van der Waals surface area contributed by atoms with Crippen LogP contribution in [0.2, 0.25) is 13.1 Å². The number of carbonyl (C=O) groups excluding carboxylic acids is 2. The van der Waals surface area contributed by atoms with Gasteiger partial charge in [-0.3, -0.25) is 4.79 Å². The summed E-state index contributed by atoms with van der Waals surface area (Å²) in [5, 5.41) is 3.24. The Morgan fingerprint density at radius 1 is 0.840 bits per heavy atom. The van der Waals surface area contributed by atoms with Gasteiger partial charge in [-0.2, -0.15) is 0 Å². The number of fused-ring (bicyclic) bond motifs is 3. The molecule has 0 aliphatic heterocycles. The Bertz CT molecular complexity index is 1530. The number of hydrogen-bond donors (Lipinski definition) is 1. The Morgan fingerprint density at radius 2 is 1.42 bits per heavy atom. The monoisotopic (exact) mass is 713 g/mol. The maximum absolute atomic E-state index is 13.6. The summed E-state index contributed by atoms with van der Waals surface area (Å²) in [6, 6.07) is 26.3. The van der Waals surface area contributed by atoms with Crippen LogP contribution >= 0.6 is 11.8 Å². The van der Waals surface area contributed by atoms with Gasteiger partial charge in [-0.15, -0.1) is 13.2 Å². The molecule has 268 valence electrons. The molecule has 4 rings (SSSR count). The topological polar surface area (TPSA) is 73.9 Å². The van der Waals surface area contributed by atoms with E-state index in [1.165, 1.54) is 34.0 Å². The fourth-order valence-electron chi connectivity index (χ4n) is 6.78. The number of thioether (sulfide) groups is 1. The smallest absolute Gasteiger partial charge is 0.407 e. The van der Waals surface area contributed by atoms with Gasteiger partial charge in [0, 0.05) is 11.7 Å². The molecule has 4 atom stereocenters. The predicted molar refractivity (Wildman–Crippen MR) is 209 cm³/mol. The molecule has 0 bridgehead atoms. The van der Waals surface area contributed by atoms with Crippen molar-refractivity contribution in [1.82, 2.24) is 5.32 Å². The number of carbonyl (C=O) groups is 2. The van der Waals surface area contributed by atoms with Crippen molar-refractivity contribution in [2.45, 2.75) is 90.0 Å². The zero-order valence-electron chi connectivity index (χ0n) is 30.6. The lowest BCUT2D eigenvalue weighted by molar-refractivity contribution is -0.117. The van der Waals surface area contributed by atoms with E-state index in [1.54, 1.807) is 6.08 Å². The molecule has 0 unspecified atom stereocenters. The van der Waals surface area contributed by atoms with Crippen molar-refractivity contribution in [2.75, 3.05) is 6.61 Å². The van der Waals surface area contributed by atoms with Crippen LogP contribution in [-0.4, -0.2) is 44.6 Å². The molecular weight excluding hydrogens is 659 g/mol. The van der Waals surface area contributed by atoms with Crippen LogP contribution in [0, 0.1) is 17.8 Å². The lowest BCUT2D eigenvalue weighted by atomic mass is 9.93. The molecule has 1 N–H and O–H groups in total. The first-order chi connectivity index (χ1) is 23.9. The number of ether oxygens (including phenoxy) is 1. The summed E-state index contributed by atoms with van der Waals surface area (Å²) in [4.78, 5) is 27.1. The van der Waals surface area contributed by atoms with E-state index < -0.39 is 26.9 Å². The van der Waals surface area contributed by atoms with Crippen molar-refractivity contribution >= 4 is 31.5 Å². The average molecular weight is 714 g/mol. The van der Waals surface area contributed by atoms with E-state index in [1.807, 2.05) is 73.8 Å². The minimum absolute atomic E-state index is 0.0279. The SMILES string of the molecule is C=CC[C@@H](O[Si](C)(C)O[C@H](C=C)[C@@H](CC(C)C)C(=O)SCc1ccccc1)[C@@H](CC(C)C)NC(=O)OCC1c2ccccc2-c2ccccc21. The Balaban J connectivity index is 1.44. The quantitative estimate of drug-likeness (QED) is 0.0985. The predicted octanol–water partition coefficient (Wildman–Crippen LogP) is 10.3. The van der Waals surface area contributed by atoms with Crippen molar-refractivity contribution in [3.63, 3.8) is 0 Å². The van der Waals surface area contributed by atoms with Crippen LogP contribution in [0.5, 0.6) is 0 Å². The van der Waals surface area contributed by atoms with E-state index in [4.69, 9.17) is 13.6 Å². The van der Waals surface area contributed by atoms with Crippen molar-refractivity contribution in [1.29, 1.82) is 0 Å².